The van der Waals surface area contributed by atoms with Crippen molar-refractivity contribution >= 4 is 0 Å². The standard InChI is InChI=1S/C22H27N3O2/c26-21-19-20(23-18(24-21)15-25-10-12-27-13-11-25)17-7-3-2-6-16(17)14-22(19)8-4-1-5-9-22/h2-3,6-7H,1,4-5,8-15H2,(H,23,24,26). The lowest BCUT2D eigenvalue weighted by Gasteiger charge is -2.41. The topological polar surface area (TPSA) is 58.2 Å². The number of hydrogen-bond donors (Lipinski definition) is 1. The molecule has 1 saturated carbocycles. The van der Waals surface area contributed by atoms with Gasteiger partial charge in [-0.3, -0.25) is 9.69 Å². The second kappa shape index (κ2) is 6.88. The van der Waals surface area contributed by atoms with Gasteiger partial charge in [0.25, 0.3) is 5.56 Å². The molecule has 1 N–H and O–H groups in total. The number of fused-ring (bicyclic) bond motifs is 4. The summed E-state index contributed by atoms with van der Waals surface area (Å²) in [6, 6.07) is 8.53. The first kappa shape index (κ1) is 17.1. The summed E-state index contributed by atoms with van der Waals surface area (Å²) < 4.78 is 5.44. The molecule has 1 saturated heterocycles. The van der Waals surface area contributed by atoms with Gasteiger partial charge in [0, 0.05) is 24.1 Å². The smallest absolute Gasteiger partial charge is 0.255 e. The fourth-order valence-electron chi connectivity index (χ4n) is 5.27. The second-order valence-electron chi connectivity index (χ2n) is 8.30. The average molecular weight is 365 g/mol. The van der Waals surface area contributed by atoms with Gasteiger partial charge in [-0.05, 0) is 24.8 Å². The van der Waals surface area contributed by atoms with Gasteiger partial charge in [-0.1, -0.05) is 43.5 Å². The number of benzene rings is 1. The number of aromatic nitrogens is 2. The SMILES string of the molecule is O=c1[nH]c(CN2CCOCC2)nc2c1C1(CCCCC1)Cc1ccccc1-2. The highest BCUT2D eigenvalue weighted by molar-refractivity contribution is 5.71. The van der Waals surface area contributed by atoms with E-state index in [1.807, 2.05) is 0 Å². The minimum absolute atomic E-state index is 0.0278. The molecule has 5 nitrogen and oxygen atoms in total. The number of nitrogens with zero attached hydrogens (tertiary/aromatic N) is 2. The van der Waals surface area contributed by atoms with Crippen molar-refractivity contribution in [2.75, 3.05) is 26.3 Å². The van der Waals surface area contributed by atoms with E-state index in [-0.39, 0.29) is 11.0 Å². The Morgan fingerprint density at radius 3 is 2.70 bits per heavy atom. The van der Waals surface area contributed by atoms with Crippen molar-refractivity contribution in [3.63, 3.8) is 0 Å². The summed E-state index contributed by atoms with van der Waals surface area (Å²) in [5.41, 5.74) is 4.44. The van der Waals surface area contributed by atoms with Crippen LogP contribution in [0.1, 0.15) is 49.1 Å². The zero-order chi connectivity index (χ0) is 18.3. The molecule has 1 aromatic carbocycles. The van der Waals surface area contributed by atoms with Crippen LogP contribution in [0.25, 0.3) is 11.3 Å². The Morgan fingerprint density at radius 2 is 1.89 bits per heavy atom. The second-order valence-corrected chi connectivity index (χ2v) is 8.30. The maximum atomic E-state index is 13.3. The molecule has 2 aromatic rings. The molecular weight excluding hydrogens is 338 g/mol. The molecular formula is C22H27N3O2. The Balaban J connectivity index is 1.61. The molecule has 2 aliphatic carbocycles. The van der Waals surface area contributed by atoms with Crippen LogP contribution in [0, 0.1) is 0 Å². The Kier molecular flexibility index (Phi) is 4.37. The van der Waals surface area contributed by atoms with Crippen molar-refractivity contribution in [3.8, 4) is 11.3 Å². The molecule has 142 valence electrons. The lowest BCUT2D eigenvalue weighted by molar-refractivity contribution is 0.0330. The van der Waals surface area contributed by atoms with E-state index in [0.717, 1.165) is 68.2 Å². The van der Waals surface area contributed by atoms with Gasteiger partial charge in [-0.2, -0.15) is 0 Å². The van der Waals surface area contributed by atoms with Crippen molar-refractivity contribution in [2.45, 2.75) is 50.5 Å². The Bertz CT molecular complexity index is 893. The van der Waals surface area contributed by atoms with Crippen molar-refractivity contribution < 1.29 is 4.74 Å². The van der Waals surface area contributed by atoms with Gasteiger partial charge in [-0.15, -0.1) is 0 Å². The fraction of sp³-hybridized carbons (Fsp3) is 0.545. The number of H-pyrrole nitrogens is 1. The molecule has 0 bridgehead atoms. The largest absolute Gasteiger partial charge is 0.379 e. The minimum atomic E-state index is -0.0278. The van der Waals surface area contributed by atoms with E-state index in [0.29, 0.717) is 6.54 Å². The third kappa shape index (κ3) is 3.03. The van der Waals surface area contributed by atoms with Crippen molar-refractivity contribution in [2.24, 2.45) is 0 Å². The van der Waals surface area contributed by atoms with Gasteiger partial charge < -0.3 is 9.72 Å². The molecule has 0 radical (unpaired) electrons. The van der Waals surface area contributed by atoms with Crippen LogP contribution >= 0.6 is 0 Å². The fourth-order valence-corrected chi connectivity index (χ4v) is 5.27. The molecule has 1 aromatic heterocycles. The quantitative estimate of drug-likeness (QED) is 0.889. The lowest BCUT2D eigenvalue weighted by atomic mass is 9.62. The molecule has 3 aliphatic rings. The summed E-state index contributed by atoms with van der Waals surface area (Å²) in [5, 5.41) is 0. The Hall–Kier alpha value is -1.98. The summed E-state index contributed by atoms with van der Waals surface area (Å²) in [6.45, 7) is 3.96. The summed E-state index contributed by atoms with van der Waals surface area (Å²) in [4.78, 5) is 23.7. The Labute approximate surface area is 159 Å². The van der Waals surface area contributed by atoms with E-state index >= 15 is 0 Å². The first-order chi connectivity index (χ1) is 13.3. The molecule has 0 atom stereocenters. The normalized spacial score (nSPS) is 21.6. The lowest BCUT2D eigenvalue weighted by Crippen LogP contribution is -2.42. The molecule has 0 amide bonds. The van der Waals surface area contributed by atoms with E-state index in [9.17, 15) is 4.79 Å². The third-order valence-electron chi connectivity index (χ3n) is 6.59. The van der Waals surface area contributed by atoms with Gasteiger partial charge in [0.1, 0.15) is 5.82 Å². The van der Waals surface area contributed by atoms with E-state index in [2.05, 4.69) is 34.1 Å². The highest BCUT2D eigenvalue weighted by Gasteiger charge is 2.42. The number of aromatic amines is 1. The van der Waals surface area contributed by atoms with Crippen LogP contribution in [0.4, 0.5) is 0 Å². The summed E-state index contributed by atoms with van der Waals surface area (Å²) >= 11 is 0. The van der Waals surface area contributed by atoms with Crippen molar-refractivity contribution in [1.82, 2.24) is 14.9 Å². The van der Waals surface area contributed by atoms with E-state index < -0.39 is 0 Å². The van der Waals surface area contributed by atoms with Crippen LogP contribution in [0.15, 0.2) is 29.1 Å². The first-order valence-corrected chi connectivity index (χ1v) is 10.3. The average Bonchev–Trinajstić information content (AvgIpc) is 2.69. The van der Waals surface area contributed by atoms with Crippen LogP contribution in [0.3, 0.4) is 0 Å². The molecule has 5 heteroatoms. The Morgan fingerprint density at radius 1 is 1.11 bits per heavy atom. The van der Waals surface area contributed by atoms with Gasteiger partial charge in [-0.25, -0.2) is 4.98 Å². The van der Waals surface area contributed by atoms with E-state index in [4.69, 9.17) is 9.72 Å². The van der Waals surface area contributed by atoms with Gasteiger partial charge >= 0.3 is 0 Å². The van der Waals surface area contributed by atoms with Crippen LogP contribution in [-0.2, 0) is 23.1 Å². The first-order valence-electron chi connectivity index (χ1n) is 10.3. The van der Waals surface area contributed by atoms with Gasteiger partial charge in [0.15, 0.2) is 0 Å². The maximum Gasteiger partial charge on any atom is 0.255 e. The number of morpholine rings is 1. The number of ether oxygens (including phenoxy) is 1. The molecule has 2 heterocycles. The van der Waals surface area contributed by atoms with Crippen LogP contribution in [-0.4, -0.2) is 41.2 Å². The number of hydrogen-bond acceptors (Lipinski definition) is 4. The molecule has 0 unspecified atom stereocenters. The molecule has 1 aliphatic heterocycles. The zero-order valence-electron chi connectivity index (χ0n) is 15.8. The third-order valence-corrected chi connectivity index (χ3v) is 6.59. The number of rotatable bonds is 2. The molecule has 27 heavy (non-hydrogen) atoms. The van der Waals surface area contributed by atoms with Gasteiger partial charge in [0.2, 0.25) is 0 Å². The molecule has 5 rings (SSSR count). The van der Waals surface area contributed by atoms with Crippen molar-refractivity contribution in [3.05, 3.63) is 51.6 Å². The summed E-state index contributed by atoms with van der Waals surface area (Å²) in [5.74, 6) is 0.781. The minimum Gasteiger partial charge on any atom is -0.379 e. The predicted molar refractivity (Wildman–Crippen MR) is 105 cm³/mol. The maximum absolute atomic E-state index is 13.3. The van der Waals surface area contributed by atoms with Crippen LogP contribution in [0.5, 0.6) is 0 Å². The van der Waals surface area contributed by atoms with E-state index in [1.165, 1.54) is 24.8 Å². The zero-order valence-corrected chi connectivity index (χ0v) is 15.8. The highest BCUT2D eigenvalue weighted by Crippen LogP contribution is 2.48. The number of nitrogens with one attached hydrogen (secondary N) is 1. The van der Waals surface area contributed by atoms with Crippen LogP contribution in [0.2, 0.25) is 0 Å². The van der Waals surface area contributed by atoms with Crippen LogP contribution < -0.4 is 5.56 Å². The summed E-state index contributed by atoms with van der Waals surface area (Å²) in [7, 11) is 0. The van der Waals surface area contributed by atoms with Gasteiger partial charge in [0.05, 0.1) is 31.0 Å². The van der Waals surface area contributed by atoms with Crippen molar-refractivity contribution in [1.29, 1.82) is 0 Å². The summed E-state index contributed by atoms with van der Waals surface area (Å²) in [6.07, 6.45) is 6.86. The molecule has 1 spiro atoms. The highest BCUT2D eigenvalue weighted by atomic mass is 16.5. The monoisotopic (exact) mass is 365 g/mol. The predicted octanol–water partition coefficient (Wildman–Crippen LogP) is 3.03. The van der Waals surface area contributed by atoms with E-state index in [1.54, 1.807) is 0 Å². The molecule has 2 fully saturated rings.